The van der Waals surface area contributed by atoms with Crippen molar-refractivity contribution in [3.05, 3.63) is 59.1 Å². The second kappa shape index (κ2) is 10.3. The molecule has 154 valence electrons. The third-order valence-corrected chi connectivity index (χ3v) is 4.95. The summed E-state index contributed by atoms with van der Waals surface area (Å²) in [6.45, 7) is 3.05. The molecule has 1 fully saturated rings. The molecule has 6 nitrogen and oxygen atoms in total. The summed E-state index contributed by atoms with van der Waals surface area (Å²) in [5, 5.41) is 6.30. The molecule has 1 aliphatic heterocycles. The van der Waals surface area contributed by atoms with Gasteiger partial charge in [0, 0.05) is 18.2 Å². The SMILES string of the molecule is CC[C@H](Oc1ccc(Cl)cc1)C(=O)Nc1ccccc1C(=O)NC[C@@H]1CCCO1. The molecule has 0 aliphatic carbocycles. The summed E-state index contributed by atoms with van der Waals surface area (Å²) in [5.41, 5.74) is 0.848. The molecule has 0 unspecified atom stereocenters. The Labute approximate surface area is 175 Å². The van der Waals surface area contributed by atoms with Gasteiger partial charge < -0.3 is 20.1 Å². The van der Waals surface area contributed by atoms with Crippen molar-refractivity contribution in [2.45, 2.75) is 38.4 Å². The van der Waals surface area contributed by atoms with Gasteiger partial charge in [0.05, 0.1) is 17.4 Å². The van der Waals surface area contributed by atoms with Gasteiger partial charge in [-0.05, 0) is 55.7 Å². The first-order chi connectivity index (χ1) is 14.1. The van der Waals surface area contributed by atoms with Crippen LogP contribution in [0.25, 0.3) is 0 Å². The zero-order valence-corrected chi connectivity index (χ0v) is 17.1. The molecule has 2 aromatic carbocycles. The van der Waals surface area contributed by atoms with E-state index in [1.807, 2.05) is 6.92 Å². The maximum atomic E-state index is 12.7. The maximum Gasteiger partial charge on any atom is 0.265 e. The fourth-order valence-electron chi connectivity index (χ4n) is 3.11. The van der Waals surface area contributed by atoms with Gasteiger partial charge in [-0.2, -0.15) is 0 Å². The number of anilines is 1. The number of rotatable bonds is 8. The lowest BCUT2D eigenvalue weighted by molar-refractivity contribution is -0.122. The zero-order valence-electron chi connectivity index (χ0n) is 16.3. The third-order valence-electron chi connectivity index (χ3n) is 4.70. The van der Waals surface area contributed by atoms with Crippen LogP contribution in [0.3, 0.4) is 0 Å². The van der Waals surface area contributed by atoms with Crippen LogP contribution in [-0.4, -0.2) is 37.2 Å². The van der Waals surface area contributed by atoms with E-state index in [9.17, 15) is 9.59 Å². The molecule has 29 heavy (non-hydrogen) atoms. The van der Waals surface area contributed by atoms with E-state index >= 15 is 0 Å². The second-order valence-corrected chi connectivity index (χ2v) is 7.28. The lowest BCUT2D eigenvalue weighted by Gasteiger charge is -2.19. The second-order valence-electron chi connectivity index (χ2n) is 6.85. The minimum atomic E-state index is -0.695. The van der Waals surface area contributed by atoms with Crippen molar-refractivity contribution in [3.63, 3.8) is 0 Å². The number of nitrogens with one attached hydrogen (secondary N) is 2. The molecule has 0 spiro atoms. The van der Waals surface area contributed by atoms with Gasteiger partial charge in [-0.25, -0.2) is 0 Å². The Balaban J connectivity index is 1.64. The molecule has 1 aliphatic rings. The minimum absolute atomic E-state index is 0.0537. The van der Waals surface area contributed by atoms with Crippen molar-refractivity contribution in [3.8, 4) is 5.75 Å². The molecule has 1 heterocycles. The Morgan fingerprint density at radius 2 is 1.97 bits per heavy atom. The fraction of sp³-hybridized carbons (Fsp3) is 0.364. The predicted octanol–water partition coefficient (Wildman–Crippen LogP) is 4.04. The Morgan fingerprint density at radius 3 is 2.66 bits per heavy atom. The van der Waals surface area contributed by atoms with Crippen molar-refractivity contribution in [1.82, 2.24) is 5.32 Å². The van der Waals surface area contributed by atoms with Gasteiger partial charge in [-0.15, -0.1) is 0 Å². The average molecular weight is 417 g/mol. The van der Waals surface area contributed by atoms with E-state index in [0.29, 0.717) is 35.0 Å². The van der Waals surface area contributed by atoms with Gasteiger partial charge in [-0.3, -0.25) is 9.59 Å². The summed E-state index contributed by atoms with van der Waals surface area (Å²) in [7, 11) is 0. The van der Waals surface area contributed by atoms with Gasteiger partial charge in [0.25, 0.3) is 11.8 Å². The molecule has 0 radical (unpaired) electrons. The van der Waals surface area contributed by atoms with Crippen LogP contribution in [0, 0.1) is 0 Å². The molecule has 2 amide bonds. The van der Waals surface area contributed by atoms with Crippen LogP contribution in [0.4, 0.5) is 5.69 Å². The lowest BCUT2D eigenvalue weighted by atomic mass is 10.1. The smallest absolute Gasteiger partial charge is 0.265 e. The number of ether oxygens (including phenoxy) is 2. The van der Waals surface area contributed by atoms with Crippen molar-refractivity contribution in [1.29, 1.82) is 0 Å². The number of halogens is 1. The molecule has 0 saturated carbocycles. The number of hydrogen-bond donors (Lipinski definition) is 2. The van der Waals surface area contributed by atoms with Crippen molar-refractivity contribution in [2.24, 2.45) is 0 Å². The van der Waals surface area contributed by atoms with Crippen molar-refractivity contribution in [2.75, 3.05) is 18.5 Å². The molecule has 2 N–H and O–H groups in total. The molecule has 2 atom stereocenters. The summed E-state index contributed by atoms with van der Waals surface area (Å²) in [6.07, 6.45) is 1.79. The topological polar surface area (TPSA) is 76.7 Å². The van der Waals surface area contributed by atoms with E-state index in [4.69, 9.17) is 21.1 Å². The monoisotopic (exact) mass is 416 g/mol. The predicted molar refractivity (Wildman–Crippen MR) is 113 cm³/mol. The number of para-hydroxylation sites is 1. The average Bonchev–Trinajstić information content (AvgIpc) is 3.25. The van der Waals surface area contributed by atoms with E-state index < -0.39 is 6.10 Å². The number of benzene rings is 2. The maximum absolute atomic E-state index is 12.7. The molecule has 0 bridgehead atoms. The molecule has 3 rings (SSSR count). The van der Waals surface area contributed by atoms with Gasteiger partial charge in [0.15, 0.2) is 6.10 Å². The standard InChI is InChI=1S/C22H25ClN2O4/c1-2-20(29-16-11-9-15(23)10-12-16)22(27)25-19-8-4-3-7-18(19)21(26)24-14-17-6-5-13-28-17/h3-4,7-12,17,20H,2,5-6,13-14H2,1H3,(H,24,26)(H,25,27)/t17-,20-/m0/s1. The molecular weight excluding hydrogens is 392 g/mol. The summed E-state index contributed by atoms with van der Waals surface area (Å²) in [5.74, 6) is -0.0103. The van der Waals surface area contributed by atoms with E-state index in [1.54, 1.807) is 48.5 Å². The van der Waals surface area contributed by atoms with E-state index in [1.165, 1.54) is 0 Å². The highest BCUT2D eigenvalue weighted by Gasteiger charge is 2.22. The number of carbonyl (C=O) groups is 2. The number of hydrogen-bond acceptors (Lipinski definition) is 4. The quantitative estimate of drug-likeness (QED) is 0.680. The van der Waals surface area contributed by atoms with Gasteiger partial charge in [-0.1, -0.05) is 30.7 Å². The molecule has 7 heteroatoms. The molecule has 1 saturated heterocycles. The van der Waals surface area contributed by atoms with Gasteiger partial charge in [0.2, 0.25) is 0 Å². The van der Waals surface area contributed by atoms with E-state index in [-0.39, 0.29) is 17.9 Å². The fourth-order valence-corrected chi connectivity index (χ4v) is 3.24. The minimum Gasteiger partial charge on any atom is -0.481 e. The Bertz CT molecular complexity index is 835. The van der Waals surface area contributed by atoms with Crippen LogP contribution in [0.1, 0.15) is 36.5 Å². The first-order valence-electron chi connectivity index (χ1n) is 9.78. The van der Waals surface area contributed by atoms with Crippen LogP contribution in [0.5, 0.6) is 5.75 Å². The highest BCUT2D eigenvalue weighted by Crippen LogP contribution is 2.20. The lowest BCUT2D eigenvalue weighted by Crippen LogP contribution is -2.35. The van der Waals surface area contributed by atoms with Crippen LogP contribution < -0.4 is 15.4 Å². The molecule has 2 aromatic rings. The molecular formula is C22H25ClN2O4. The van der Waals surface area contributed by atoms with Crippen molar-refractivity contribution >= 4 is 29.1 Å². The normalized spacial score (nSPS) is 16.8. The van der Waals surface area contributed by atoms with E-state index in [2.05, 4.69) is 10.6 Å². The first-order valence-corrected chi connectivity index (χ1v) is 10.2. The van der Waals surface area contributed by atoms with Crippen LogP contribution >= 0.6 is 11.6 Å². The Hall–Kier alpha value is -2.57. The number of carbonyl (C=O) groups excluding carboxylic acids is 2. The highest BCUT2D eigenvalue weighted by atomic mass is 35.5. The summed E-state index contributed by atoms with van der Waals surface area (Å²) >= 11 is 5.89. The van der Waals surface area contributed by atoms with E-state index in [0.717, 1.165) is 19.4 Å². The zero-order chi connectivity index (χ0) is 20.6. The van der Waals surface area contributed by atoms with Crippen LogP contribution in [-0.2, 0) is 9.53 Å². The Kier molecular flexibility index (Phi) is 7.49. The van der Waals surface area contributed by atoms with Crippen LogP contribution in [0.15, 0.2) is 48.5 Å². The van der Waals surface area contributed by atoms with Gasteiger partial charge >= 0.3 is 0 Å². The summed E-state index contributed by atoms with van der Waals surface area (Å²) < 4.78 is 11.3. The van der Waals surface area contributed by atoms with Crippen molar-refractivity contribution < 1.29 is 19.1 Å². The highest BCUT2D eigenvalue weighted by molar-refractivity contribution is 6.30. The van der Waals surface area contributed by atoms with Gasteiger partial charge in [0.1, 0.15) is 5.75 Å². The summed E-state index contributed by atoms with van der Waals surface area (Å²) in [6, 6.07) is 13.8. The molecule has 0 aromatic heterocycles. The number of amides is 2. The first kappa shape index (κ1) is 21.1. The third kappa shape index (κ3) is 5.95. The summed E-state index contributed by atoms with van der Waals surface area (Å²) in [4.78, 5) is 25.3. The largest absolute Gasteiger partial charge is 0.481 e. The Morgan fingerprint density at radius 1 is 1.21 bits per heavy atom. The van der Waals surface area contributed by atoms with Crippen LogP contribution in [0.2, 0.25) is 5.02 Å².